The summed E-state index contributed by atoms with van der Waals surface area (Å²) in [6.07, 6.45) is 0.827. The van der Waals surface area contributed by atoms with Gasteiger partial charge in [0.15, 0.2) is 5.13 Å². The lowest BCUT2D eigenvalue weighted by atomic mass is 10.1. The van der Waals surface area contributed by atoms with E-state index in [1.54, 1.807) is 11.0 Å². The van der Waals surface area contributed by atoms with Gasteiger partial charge in [0.05, 0.1) is 10.2 Å². The number of hydrogen-bond donors (Lipinski definition) is 0. The molecule has 0 spiro atoms. The number of aryl methyl sites for hydroxylation is 2. The van der Waals surface area contributed by atoms with Gasteiger partial charge in [0.25, 0.3) is 5.91 Å². The zero-order valence-electron chi connectivity index (χ0n) is 16.1. The van der Waals surface area contributed by atoms with Gasteiger partial charge in [0.1, 0.15) is 5.82 Å². The molecular formula is C21H24FN3OS. The fourth-order valence-electron chi connectivity index (χ4n) is 2.86. The van der Waals surface area contributed by atoms with Gasteiger partial charge in [0.2, 0.25) is 0 Å². The number of hydrogen-bond acceptors (Lipinski definition) is 4. The maximum atomic E-state index is 13.5. The molecule has 0 aliphatic heterocycles. The van der Waals surface area contributed by atoms with Gasteiger partial charge >= 0.3 is 0 Å². The first-order chi connectivity index (χ1) is 12.8. The second-order valence-corrected chi connectivity index (χ2v) is 8.03. The van der Waals surface area contributed by atoms with E-state index < -0.39 is 0 Å². The summed E-state index contributed by atoms with van der Waals surface area (Å²) in [7, 11) is 4.02. The van der Waals surface area contributed by atoms with Gasteiger partial charge in [-0.1, -0.05) is 17.4 Å². The van der Waals surface area contributed by atoms with E-state index in [4.69, 9.17) is 0 Å². The summed E-state index contributed by atoms with van der Waals surface area (Å²) in [5.74, 6) is -0.367. The Morgan fingerprint density at radius 1 is 1.07 bits per heavy atom. The van der Waals surface area contributed by atoms with Gasteiger partial charge in [-0.05, 0) is 82.4 Å². The first-order valence-corrected chi connectivity index (χ1v) is 9.77. The van der Waals surface area contributed by atoms with Crippen LogP contribution in [0.2, 0.25) is 0 Å². The molecule has 1 heterocycles. The van der Waals surface area contributed by atoms with E-state index in [1.807, 2.05) is 46.1 Å². The Morgan fingerprint density at radius 2 is 1.85 bits per heavy atom. The lowest BCUT2D eigenvalue weighted by molar-refractivity contribution is 0.0986. The Bertz CT molecular complexity index is 967. The molecule has 2 aromatic carbocycles. The van der Waals surface area contributed by atoms with Crippen molar-refractivity contribution in [3.8, 4) is 0 Å². The van der Waals surface area contributed by atoms with Gasteiger partial charge in [-0.2, -0.15) is 0 Å². The third-order valence-electron chi connectivity index (χ3n) is 4.56. The van der Waals surface area contributed by atoms with Crippen molar-refractivity contribution >= 4 is 32.6 Å². The molecular weight excluding hydrogens is 361 g/mol. The molecule has 3 rings (SSSR count). The average molecular weight is 386 g/mol. The summed E-state index contributed by atoms with van der Waals surface area (Å²) < 4.78 is 14.3. The highest BCUT2D eigenvalue weighted by atomic mass is 32.1. The number of carbonyl (C=O) groups is 1. The summed E-state index contributed by atoms with van der Waals surface area (Å²) in [5.41, 5.74) is 3.59. The maximum Gasteiger partial charge on any atom is 0.260 e. The summed E-state index contributed by atoms with van der Waals surface area (Å²) in [4.78, 5) is 21.6. The quantitative estimate of drug-likeness (QED) is 0.620. The number of aromatic nitrogens is 1. The molecule has 0 radical (unpaired) electrons. The third kappa shape index (κ3) is 4.51. The van der Waals surface area contributed by atoms with Crippen LogP contribution in [-0.2, 0) is 0 Å². The van der Waals surface area contributed by atoms with E-state index in [0.29, 0.717) is 22.8 Å². The van der Waals surface area contributed by atoms with Crippen LogP contribution in [0.1, 0.15) is 27.9 Å². The molecule has 0 saturated carbocycles. The van der Waals surface area contributed by atoms with E-state index >= 15 is 0 Å². The van der Waals surface area contributed by atoms with Crippen molar-refractivity contribution in [1.29, 1.82) is 0 Å². The molecule has 0 N–H and O–H groups in total. The summed E-state index contributed by atoms with van der Waals surface area (Å²) in [5, 5.41) is 0.609. The van der Waals surface area contributed by atoms with E-state index in [2.05, 4.69) is 9.88 Å². The van der Waals surface area contributed by atoms with Crippen molar-refractivity contribution in [2.45, 2.75) is 20.3 Å². The standard InChI is InChI=1S/C21H24FN3OS/c1-14-6-7-16(12-15(14)2)20(26)25(11-5-10-24(3)4)21-23-18-9-8-17(22)13-19(18)27-21/h6-9,12-13H,5,10-11H2,1-4H3. The molecule has 0 unspecified atom stereocenters. The van der Waals surface area contributed by atoms with Crippen LogP contribution in [0.25, 0.3) is 10.2 Å². The predicted molar refractivity (Wildman–Crippen MR) is 110 cm³/mol. The predicted octanol–water partition coefficient (Wildman–Crippen LogP) is 4.65. The van der Waals surface area contributed by atoms with Gasteiger partial charge in [-0.3, -0.25) is 9.69 Å². The molecule has 1 aromatic heterocycles. The summed E-state index contributed by atoms with van der Waals surface area (Å²) in [6.45, 7) is 5.46. The number of anilines is 1. The summed E-state index contributed by atoms with van der Waals surface area (Å²) in [6, 6.07) is 10.3. The number of halogens is 1. The van der Waals surface area contributed by atoms with Crippen molar-refractivity contribution in [1.82, 2.24) is 9.88 Å². The maximum absolute atomic E-state index is 13.5. The molecule has 3 aromatic rings. The summed E-state index contributed by atoms with van der Waals surface area (Å²) >= 11 is 1.35. The Balaban J connectivity index is 1.95. The number of nitrogens with zero attached hydrogens (tertiary/aromatic N) is 3. The van der Waals surface area contributed by atoms with Crippen LogP contribution in [-0.4, -0.2) is 43.0 Å². The zero-order chi connectivity index (χ0) is 19.6. The lowest BCUT2D eigenvalue weighted by Gasteiger charge is -2.21. The van der Waals surface area contributed by atoms with Crippen molar-refractivity contribution in [2.75, 3.05) is 32.1 Å². The van der Waals surface area contributed by atoms with Crippen LogP contribution in [0.4, 0.5) is 9.52 Å². The Morgan fingerprint density at radius 3 is 2.56 bits per heavy atom. The molecule has 4 nitrogen and oxygen atoms in total. The first-order valence-electron chi connectivity index (χ1n) is 8.95. The number of benzene rings is 2. The number of amides is 1. The van der Waals surface area contributed by atoms with Gasteiger partial charge in [-0.25, -0.2) is 9.37 Å². The van der Waals surface area contributed by atoms with Crippen LogP contribution < -0.4 is 4.90 Å². The first kappa shape index (κ1) is 19.5. The fraction of sp³-hybridized carbons (Fsp3) is 0.333. The Labute approximate surface area is 163 Å². The van der Waals surface area contributed by atoms with Gasteiger partial charge < -0.3 is 4.90 Å². The monoisotopic (exact) mass is 385 g/mol. The molecule has 6 heteroatoms. The van der Waals surface area contributed by atoms with Gasteiger partial charge in [0, 0.05) is 12.1 Å². The van der Waals surface area contributed by atoms with Crippen molar-refractivity contribution in [3.63, 3.8) is 0 Å². The molecule has 0 fully saturated rings. The Kier molecular flexibility index (Phi) is 5.87. The van der Waals surface area contributed by atoms with E-state index in [0.717, 1.165) is 28.8 Å². The van der Waals surface area contributed by atoms with Crippen LogP contribution in [0.5, 0.6) is 0 Å². The smallest absolute Gasteiger partial charge is 0.260 e. The fourth-order valence-corrected chi connectivity index (χ4v) is 3.88. The topological polar surface area (TPSA) is 36.4 Å². The minimum atomic E-state index is -0.294. The molecule has 0 atom stereocenters. The van der Waals surface area contributed by atoms with Crippen LogP contribution in [0.15, 0.2) is 36.4 Å². The van der Waals surface area contributed by atoms with Crippen LogP contribution >= 0.6 is 11.3 Å². The van der Waals surface area contributed by atoms with E-state index in [-0.39, 0.29) is 11.7 Å². The minimum Gasteiger partial charge on any atom is -0.309 e. The molecule has 0 aliphatic carbocycles. The van der Waals surface area contributed by atoms with Gasteiger partial charge in [-0.15, -0.1) is 0 Å². The number of thiazole rings is 1. The van der Waals surface area contributed by atoms with Crippen molar-refractivity contribution < 1.29 is 9.18 Å². The van der Waals surface area contributed by atoms with E-state index in [9.17, 15) is 9.18 Å². The highest BCUT2D eigenvalue weighted by molar-refractivity contribution is 7.22. The molecule has 0 saturated heterocycles. The number of fused-ring (bicyclic) bond motifs is 1. The highest BCUT2D eigenvalue weighted by Gasteiger charge is 2.21. The largest absolute Gasteiger partial charge is 0.309 e. The van der Waals surface area contributed by atoms with E-state index in [1.165, 1.54) is 23.5 Å². The second kappa shape index (κ2) is 8.15. The number of rotatable bonds is 6. The molecule has 0 bridgehead atoms. The SMILES string of the molecule is Cc1ccc(C(=O)N(CCCN(C)C)c2nc3ccc(F)cc3s2)cc1C. The van der Waals surface area contributed by atoms with Crippen LogP contribution in [0.3, 0.4) is 0 Å². The molecule has 142 valence electrons. The molecule has 27 heavy (non-hydrogen) atoms. The average Bonchev–Trinajstić information content (AvgIpc) is 3.03. The lowest BCUT2D eigenvalue weighted by Crippen LogP contribution is -2.33. The van der Waals surface area contributed by atoms with Crippen molar-refractivity contribution in [2.24, 2.45) is 0 Å². The minimum absolute atomic E-state index is 0.0728. The van der Waals surface area contributed by atoms with Crippen molar-refractivity contribution in [3.05, 3.63) is 58.9 Å². The number of carbonyl (C=O) groups excluding carboxylic acids is 1. The van der Waals surface area contributed by atoms with Crippen LogP contribution in [0, 0.1) is 19.7 Å². The third-order valence-corrected chi connectivity index (χ3v) is 5.60. The Hall–Kier alpha value is -2.31. The normalized spacial score (nSPS) is 11.3. The zero-order valence-corrected chi connectivity index (χ0v) is 16.9. The molecule has 0 aliphatic rings. The second-order valence-electron chi connectivity index (χ2n) is 7.02. The highest BCUT2D eigenvalue weighted by Crippen LogP contribution is 2.30. The molecule has 1 amide bonds.